The fourth-order valence-electron chi connectivity index (χ4n) is 1.95. The van der Waals surface area contributed by atoms with E-state index in [4.69, 9.17) is 0 Å². The minimum atomic E-state index is -2.95. The molecule has 0 spiro atoms. The van der Waals surface area contributed by atoms with Crippen molar-refractivity contribution in [3.05, 3.63) is 34.1 Å². The summed E-state index contributed by atoms with van der Waals surface area (Å²) in [5.41, 5.74) is 0.829. The van der Waals surface area contributed by atoms with Gasteiger partial charge in [0.2, 0.25) is 0 Å². The maximum atomic E-state index is 13.5. The van der Waals surface area contributed by atoms with Crippen molar-refractivity contribution in [2.45, 2.75) is 25.8 Å². The SMILES string of the molecule is CCNC(CCCS(C)(=O)=O)c1cccc(F)c1Br. The molecule has 1 aromatic carbocycles. The van der Waals surface area contributed by atoms with Crippen molar-refractivity contribution in [3.8, 4) is 0 Å². The van der Waals surface area contributed by atoms with E-state index in [1.165, 1.54) is 12.3 Å². The first-order valence-corrected chi connectivity index (χ1v) is 9.05. The van der Waals surface area contributed by atoms with E-state index in [9.17, 15) is 12.8 Å². The highest BCUT2D eigenvalue weighted by atomic mass is 79.9. The van der Waals surface area contributed by atoms with Gasteiger partial charge in [-0.3, -0.25) is 0 Å². The van der Waals surface area contributed by atoms with Crippen molar-refractivity contribution in [1.29, 1.82) is 0 Å². The molecule has 0 aliphatic carbocycles. The lowest BCUT2D eigenvalue weighted by Crippen LogP contribution is -2.22. The van der Waals surface area contributed by atoms with Gasteiger partial charge in [0.1, 0.15) is 15.7 Å². The molecular formula is C13H19BrFNO2S. The van der Waals surface area contributed by atoms with Gasteiger partial charge in [0.25, 0.3) is 0 Å². The molecule has 3 nitrogen and oxygen atoms in total. The van der Waals surface area contributed by atoms with Gasteiger partial charge >= 0.3 is 0 Å². The van der Waals surface area contributed by atoms with Crippen LogP contribution in [-0.2, 0) is 9.84 Å². The Kier molecular flexibility index (Phi) is 6.42. The zero-order valence-corrected chi connectivity index (χ0v) is 13.5. The molecule has 0 aromatic heterocycles. The molecule has 0 radical (unpaired) electrons. The summed E-state index contributed by atoms with van der Waals surface area (Å²) in [5, 5.41) is 3.26. The van der Waals surface area contributed by atoms with Crippen LogP contribution in [0.2, 0.25) is 0 Å². The van der Waals surface area contributed by atoms with Crippen molar-refractivity contribution in [2.24, 2.45) is 0 Å². The molecule has 1 atom stereocenters. The molecule has 108 valence electrons. The molecule has 1 N–H and O–H groups in total. The number of hydrogen-bond donors (Lipinski definition) is 1. The molecule has 1 aromatic rings. The molecule has 0 bridgehead atoms. The molecular weight excluding hydrogens is 333 g/mol. The number of hydrogen-bond acceptors (Lipinski definition) is 3. The molecule has 1 rings (SSSR count). The third-order valence-corrected chi connectivity index (χ3v) is 4.68. The summed E-state index contributed by atoms with van der Waals surface area (Å²) in [4.78, 5) is 0. The van der Waals surface area contributed by atoms with Crippen LogP contribution in [0.1, 0.15) is 31.4 Å². The van der Waals surface area contributed by atoms with Crippen LogP contribution in [0.25, 0.3) is 0 Å². The van der Waals surface area contributed by atoms with E-state index in [-0.39, 0.29) is 17.6 Å². The summed E-state index contributed by atoms with van der Waals surface area (Å²) in [6, 6.07) is 4.86. The summed E-state index contributed by atoms with van der Waals surface area (Å²) in [5.74, 6) is -0.148. The van der Waals surface area contributed by atoms with E-state index in [1.54, 1.807) is 6.07 Å². The van der Waals surface area contributed by atoms with Crippen molar-refractivity contribution in [3.63, 3.8) is 0 Å². The summed E-state index contributed by atoms with van der Waals surface area (Å²) < 4.78 is 36.2. The Morgan fingerprint density at radius 3 is 2.68 bits per heavy atom. The monoisotopic (exact) mass is 351 g/mol. The highest BCUT2D eigenvalue weighted by Crippen LogP contribution is 2.28. The van der Waals surface area contributed by atoms with Crippen LogP contribution in [0.15, 0.2) is 22.7 Å². The van der Waals surface area contributed by atoms with Gasteiger partial charge in [-0.25, -0.2) is 12.8 Å². The standard InChI is InChI=1S/C13H19BrFNO2S/c1-3-16-12(8-5-9-19(2,17)18)10-6-4-7-11(15)13(10)14/h4,6-7,12,16H,3,5,8-9H2,1-2H3. The second kappa shape index (κ2) is 7.36. The van der Waals surface area contributed by atoms with Gasteiger partial charge in [0.15, 0.2) is 0 Å². The molecule has 0 aliphatic heterocycles. The third-order valence-electron chi connectivity index (χ3n) is 2.82. The van der Waals surface area contributed by atoms with Crippen LogP contribution in [-0.4, -0.2) is 27.0 Å². The Balaban J connectivity index is 2.79. The predicted molar refractivity (Wildman–Crippen MR) is 79.5 cm³/mol. The third kappa shape index (κ3) is 5.58. The number of sulfone groups is 1. The van der Waals surface area contributed by atoms with E-state index < -0.39 is 9.84 Å². The zero-order chi connectivity index (χ0) is 14.5. The summed E-state index contributed by atoms with van der Waals surface area (Å²) >= 11 is 3.25. The summed E-state index contributed by atoms with van der Waals surface area (Å²) in [6.45, 7) is 2.71. The Morgan fingerprint density at radius 1 is 1.42 bits per heavy atom. The molecule has 0 heterocycles. The molecule has 0 saturated heterocycles. The van der Waals surface area contributed by atoms with Gasteiger partial charge in [-0.1, -0.05) is 19.1 Å². The quantitative estimate of drug-likeness (QED) is 0.820. The van der Waals surface area contributed by atoms with Crippen molar-refractivity contribution < 1.29 is 12.8 Å². The van der Waals surface area contributed by atoms with Crippen LogP contribution >= 0.6 is 15.9 Å². The Labute approximate surface area is 122 Å². The number of rotatable bonds is 7. The second-order valence-electron chi connectivity index (χ2n) is 4.53. The highest BCUT2D eigenvalue weighted by Gasteiger charge is 2.16. The fraction of sp³-hybridized carbons (Fsp3) is 0.538. The lowest BCUT2D eigenvalue weighted by atomic mass is 10.0. The normalized spacial score (nSPS) is 13.5. The first-order chi connectivity index (χ1) is 8.85. The Hall–Kier alpha value is -0.460. The van der Waals surface area contributed by atoms with Gasteiger partial charge in [-0.15, -0.1) is 0 Å². The lowest BCUT2D eigenvalue weighted by Gasteiger charge is -2.19. The van der Waals surface area contributed by atoms with Crippen molar-refractivity contribution >= 4 is 25.8 Å². The molecule has 19 heavy (non-hydrogen) atoms. The molecule has 0 fully saturated rings. The second-order valence-corrected chi connectivity index (χ2v) is 7.58. The average Bonchev–Trinajstić information content (AvgIpc) is 2.30. The van der Waals surface area contributed by atoms with E-state index >= 15 is 0 Å². The predicted octanol–water partition coefficient (Wildman–Crippen LogP) is 3.06. The van der Waals surface area contributed by atoms with Gasteiger partial charge < -0.3 is 5.32 Å². The van der Waals surface area contributed by atoms with Crippen molar-refractivity contribution in [2.75, 3.05) is 18.6 Å². The first kappa shape index (κ1) is 16.6. The van der Waals surface area contributed by atoms with Gasteiger partial charge in [0, 0.05) is 18.1 Å². The largest absolute Gasteiger partial charge is 0.310 e. The minimum Gasteiger partial charge on any atom is -0.310 e. The van der Waals surface area contributed by atoms with Crippen LogP contribution in [0.5, 0.6) is 0 Å². The zero-order valence-electron chi connectivity index (χ0n) is 11.1. The minimum absolute atomic E-state index is 0.0446. The number of halogens is 2. The highest BCUT2D eigenvalue weighted by molar-refractivity contribution is 9.10. The van der Waals surface area contributed by atoms with E-state index in [0.717, 1.165) is 12.1 Å². The van der Waals surface area contributed by atoms with E-state index in [2.05, 4.69) is 21.2 Å². The van der Waals surface area contributed by atoms with Crippen LogP contribution in [0, 0.1) is 5.82 Å². The van der Waals surface area contributed by atoms with Crippen LogP contribution in [0.4, 0.5) is 4.39 Å². The molecule has 0 amide bonds. The van der Waals surface area contributed by atoms with Crippen molar-refractivity contribution in [1.82, 2.24) is 5.32 Å². The number of benzene rings is 1. The van der Waals surface area contributed by atoms with Gasteiger partial charge in [0.05, 0.1) is 4.47 Å². The molecule has 0 aliphatic rings. The molecule has 6 heteroatoms. The summed E-state index contributed by atoms with van der Waals surface area (Å²) in [7, 11) is -2.95. The first-order valence-electron chi connectivity index (χ1n) is 6.20. The average molecular weight is 352 g/mol. The number of nitrogens with one attached hydrogen (secondary N) is 1. The van der Waals surface area contributed by atoms with Crippen LogP contribution in [0.3, 0.4) is 0 Å². The maximum absolute atomic E-state index is 13.5. The van der Waals surface area contributed by atoms with E-state index in [0.29, 0.717) is 17.3 Å². The fourth-order valence-corrected chi connectivity index (χ4v) is 3.18. The Bertz CT molecular complexity index is 519. The Morgan fingerprint density at radius 2 is 2.11 bits per heavy atom. The maximum Gasteiger partial charge on any atom is 0.147 e. The summed E-state index contributed by atoms with van der Waals surface area (Å²) in [6.07, 6.45) is 2.44. The lowest BCUT2D eigenvalue weighted by molar-refractivity contribution is 0.500. The molecule has 0 saturated carbocycles. The van der Waals surface area contributed by atoms with Gasteiger partial charge in [-0.05, 0) is 46.9 Å². The molecule has 1 unspecified atom stereocenters. The smallest absolute Gasteiger partial charge is 0.147 e. The topological polar surface area (TPSA) is 46.2 Å². The van der Waals surface area contributed by atoms with E-state index in [1.807, 2.05) is 13.0 Å². The van der Waals surface area contributed by atoms with Crippen LogP contribution < -0.4 is 5.32 Å². The van der Waals surface area contributed by atoms with Gasteiger partial charge in [-0.2, -0.15) is 0 Å².